The highest BCUT2D eigenvalue weighted by Gasteiger charge is 2.12. The summed E-state index contributed by atoms with van der Waals surface area (Å²) < 4.78 is 0. The molecule has 0 heterocycles. The van der Waals surface area contributed by atoms with Gasteiger partial charge in [0.15, 0.2) is 0 Å². The highest BCUT2D eigenvalue weighted by atomic mass is 35.5. The van der Waals surface area contributed by atoms with E-state index < -0.39 is 0 Å². The van der Waals surface area contributed by atoms with Gasteiger partial charge in [0.2, 0.25) is 0 Å². The van der Waals surface area contributed by atoms with Crippen LogP contribution in [0.15, 0.2) is 24.3 Å². The van der Waals surface area contributed by atoms with Gasteiger partial charge >= 0.3 is 0 Å². The molecule has 0 aliphatic rings. The van der Waals surface area contributed by atoms with Crippen molar-refractivity contribution in [3.8, 4) is 6.07 Å². The van der Waals surface area contributed by atoms with Crippen LogP contribution < -0.4 is 0 Å². The minimum absolute atomic E-state index is 0.0765. The number of amides is 1. The third kappa shape index (κ3) is 3.25. The number of alkyl halides is 1. The largest absolute Gasteiger partial charge is 0.340 e. The number of hydrogen-bond acceptors (Lipinski definition) is 2. The van der Waals surface area contributed by atoms with E-state index in [0.717, 1.165) is 0 Å². The molecule has 0 radical (unpaired) electrons. The van der Waals surface area contributed by atoms with Crippen molar-refractivity contribution in [3.63, 3.8) is 0 Å². The van der Waals surface area contributed by atoms with Gasteiger partial charge in [-0.15, -0.1) is 11.6 Å². The molecular weight excluding hydrogens is 224 g/mol. The van der Waals surface area contributed by atoms with Crippen molar-refractivity contribution in [2.45, 2.75) is 12.3 Å². The molecule has 3 nitrogen and oxygen atoms in total. The Morgan fingerprint density at radius 1 is 1.50 bits per heavy atom. The molecule has 4 heteroatoms. The SMILES string of the molecule is CC(Cl)CN(C)C(=O)c1ccc(C#N)cc1. The van der Waals surface area contributed by atoms with Gasteiger partial charge in [-0.3, -0.25) is 4.79 Å². The third-order valence-electron chi connectivity index (χ3n) is 2.13. The highest BCUT2D eigenvalue weighted by molar-refractivity contribution is 6.20. The molecule has 1 rings (SSSR count). The predicted octanol–water partition coefficient (Wildman–Crippen LogP) is 2.26. The molecule has 1 unspecified atom stereocenters. The fourth-order valence-electron chi connectivity index (χ4n) is 1.37. The normalized spacial score (nSPS) is 11.6. The van der Waals surface area contributed by atoms with Crippen LogP contribution in [0.3, 0.4) is 0 Å². The Balaban J connectivity index is 2.77. The van der Waals surface area contributed by atoms with E-state index in [2.05, 4.69) is 0 Å². The van der Waals surface area contributed by atoms with Crippen molar-refractivity contribution in [1.82, 2.24) is 4.90 Å². The molecule has 0 aliphatic heterocycles. The van der Waals surface area contributed by atoms with Crippen molar-refractivity contribution < 1.29 is 4.79 Å². The molecule has 0 spiro atoms. The lowest BCUT2D eigenvalue weighted by Crippen LogP contribution is -2.31. The second-order valence-corrected chi connectivity index (χ2v) is 4.40. The second-order valence-electron chi connectivity index (χ2n) is 3.66. The summed E-state index contributed by atoms with van der Waals surface area (Å²) in [5.41, 5.74) is 1.11. The van der Waals surface area contributed by atoms with E-state index >= 15 is 0 Å². The van der Waals surface area contributed by atoms with Crippen molar-refractivity contribution >= 4 is 17.5 Å². The second kappa shape index (κ2) is 5.53. The highest BCUT2D eigenvalue weighted by Crippen LogP contribution is 2.07. The molecule has 1 atom stereocenters. The van der Waals surface area contributed by atoms with Crippen molar-refractivity contribution in [2.75, 3.05) is 13.6 Å². The molecule has 0 saturated heterocycles. The first-order valence-corrected chi connectivity index (χ1v) is 5.38. The summed E-state index contributed by atoms with van der Waals surface area (Å²) in [4.78, 5) is 13.4. The van der Waals surface area contributed by atoms with E-state index in [0.29, 0.717) is 17.7 Å². The van der Waals surface area contributed by atoms with Gasteiger partial charge in [0.1, 0.15) is 0 Å². The van der Waals surface area contributed by atoms with Crippen LogP contribution in [0.1, 0.15) is 22.8 Å². The van der Waals surface area contributed by atoms with E-state index in [1.165, 1.54) is 0 Å². The minimum atomic E-state index is -0.0861. The van der Waals surface area contributed by atoms with E-state index in [9.17, 15) is 4.79 Å². The van der Waals surface area contributed by atoms with Crippen LogP contribution in [0, 0.1) is 11.3 Å². The zero-order valence-corrected chi connectivity index (χ0v) is 10.0. The number of rotatable bonds is 3. The van der Waals surface area contributed by atoms with Gasteiger partial charge in [0.25, 0.3) is 5.91 Å². The smallest absolute Gasteiger partial charge is 0.253 e. The lowest BCUT2D eigenvalue weighted by molar-refractivity contribution is 0.0796. The molecule has 0 bridgehead atoms. The first-order valence-electron chi connectivity index (χ1n) is 4.94. The number of hydrogen-bond donors (Lipinski definition) is 0. The molecule has 16 heavy (non-hydrogen) atoms. The molecule has 0 aromatic heterocycles. The van der Waals surface area contributed by atoms with Gasteiger partial charge in [-0.1, -0.05) is 0 Å². The predicted molar refractivity (Wildman–Crippen MR) is 63.4 cm³/mol. The maximum absolute atomic E-state index is 11.9. The van der Waals surface area contributed by atoms with Crippen LogP contribution in [-0.2, 0) is 0 Å². The first-order chi connectivity index (χ1) is 7.54. The summed E-state index contributed by atoms with van der Waals surface area (Å²) in [5, 5.41) is 8.56. The molecule has 1 aromatic carbocycles. The van der Waals surface area contributed by atoms with Crippen LogP contribution in [0.5, 0.6) is 0 Å². The van der Waals surface area contributed by atoms with E-state index in [1.807, 2.05) is 13.0 Å². The molecule has 0 fully saturated rings. The first kappa shape index (κ1) is 12.5. The van der Waals surface area contributed by atoms with Crippen LogP contribution in [0.2, 0.25) is 0 Å². The maximum atomic E-state index is 11.9. The lowest BCUT2D eigenvalue weighted by atomic mass is 10.1. The van der Waals surface area contributed by atoms with Crippen LogP contribution in [0.25, 0.3) is 0 Å². The summed E-state index contributed by atoms with van der Waals surface area (Å²) in [6.07, 6.45) is 0. The van der Waals surface area contributed by atoms with Gasteiger partial charge < -0.3 is 4.90 Å². The van der Waals surface area contributed by atoms with Crippen molar-refractivity contribution in [2.24, 2.45) is 0 Å². The van der Waals surface area contributed by atoms with E-state index in [-0.39, 0.29) is 11.3 Å². The fourth-order valence-corrected chi connectivity index (χ4v) is 1.58. The monoisotopic (exact) mass is 236 g/mol. The summed E-state index contributed by atoms with van der Waals surface area (Å²) >= 11 is 5.81. The van der Waals surface area contributed by atoms with E-state index in [1.54, 1.807) is 36.2 Å². The Bertz CT molecular complexity index is 406. The zero-order chi connectivity index (χ0) is 12.1. The van der Waals surface area contributed by atoms with Crippen molar-refractivity contribution in [3.05, 3.63) is 35.4 Å². The fraction of sp³-hybridized carbons (Fsp3) is 0.333. The standard InChI is InChI=1S/C12H13ClN2O/c1-9(13)8-15(2)12(16)11-5-3-10(7-14)4-6-11/h3-6,9H,8H2,1-2H3. The van der Waals surface area contributed by atoms with Crippen LogP contribution in [-0.4, -0.2) is 29.8 Å². The zero-order valence-electron chi connectivity index (χ0n) is 9.27. The number of nitriles is 1. The lowest BCUT2D eigenvalue weighted by Gasteiger charge is -2.18. The summed E-state index contributed by atoms with van der Waals surface area (Å²) in [5.74, 6) is -0.0861. The Kier molecular flexibility index (Phi) is 4.33. The van der Waals surface area contributed by atoms with Gasteiger partial charge in [-0.25, -0.2) is 0 Å². The number of carbonyl (C=O) groups excluding carboxylic acids is 1. The molecular formula is C12H13ClN2O. The number of benzene rings is 1. The molecule has 1 aromatic rings. The van der Waals surface area contributed by atoms with Crippen LogP contribution in [0.4, 0.5) is 0 Å². The quantitative estimate of drug-likeness (QED) is 0.756. The average Bonchev–Trinajstić information content (AvgIpc) is 2.27. The van der Waals surface area contributed by atoms with Crippen LogP contribution >= 0.6 is 11.6 Å². The Morgan fingerprint density at radius 2 is 2.06 bits per heavy atom. The molecule has 0 aliphatic carbocycles. The van der Waals surface area contributed by atoms with Gasteiger partial charge in [-0.2, -0.15) is 5.26 Å². The Morgan fingerprint density at radius 3 is 2.50 bits per heavy atom. The third-order valence-corrected chi connectivity index (χ3v) is 2.27. The Hall–Kier alpha value is -1.53. The molecule has 0 saturated carbocycles. The van der Waals surface area contributed by atoms with Gasteiger partial charge in [0, 0.05) is 24.5 Å². The Labute approximate surface area is 100 Å². The summed E-state index contributed by atoms with van der Waals surface area (Å²) in [6.45, 7) is 2.34. The topological polar surface area (TPSA) is 44.1 Å². The minimum Gasteiger partial charge on any atom is -0.340 e. The van der Waals surface area contributed by atoms with Gasteiger partial charge in [-0.05, 0) is 31.2 Å². The van der Waals surface area contributed by atoms with E-state index in [4.69, 9.17) is 16.9 Å². The summed E-state index contributed by atoms with van der Waals surface area (Å²) in [7, 11) is 1.71. The molecule has 0 N–H and O–H groups in total. The molecule has 1 amide bonds. The average molecular weight is 237 g/mol. The van der Waals surface area contributed by atoms with Gasteiger partial charge in [0.05, 0.1) is 11.6 Å². The molecule has 84 valence electrons. The van der Waals surface area contributed by atoms with Crippen molar-refractivity contribution in [1.29, 1.82) is 5.26 Å². The number of nitrogens with zero attached hydrogens (tertiary/aromatic N) is 2. The summed E-state index contributed by atoms with van der Waals surface area (Å²) in [6, 6.07) is 8.57. The maximum Gasteiger partial charge on any atom is 0.253 e. The number of halogens is 1. The number of carbonyl (C=O) groups is 1.